The topological polar surface area (TPSA) is 24.9 Å². The second kappa shape index (κ2) is 7.41. The summed E-state index contributed by atoms with van der Waals surface area (Å²) in [6, 6.07) is 4.59. The highest BCUT2D eigenvalue weighted by atomic mass is 14.9. The van der Waals surface area contributed by atoms with Crippen molar-refractivity contribution >= 4 is 0 Å². The molecule has 0 aromatic carbocycles. The number of nitrogens with one attached hydrogen (secondary N) is 1. The van der Waals surface area contributed by atoms with Crippen molar-refractivity contribution in [2.24, 2.45) is 0 Å². The van der Waals surface area contributed by atoms with Crippen molar-refractivity contribution < 1.29 is 0 Å². The first kappa shape index (κ1) is 12.2. The van der Waals surface area contributed by atoms with Gasteiger partial charge >= 0.3 is 0 Å². The number of pyridine rings is 1. The smallest absolute Gasteiger partial charge is 0.0292 e. The summed E-state index contributed by atoms with van der Waals surface area (Å²) in [7, 11) is 0. The average Bonchev–Trinajstić information content (AvgIpc) is 2.30. The Balaban J connectivity index is 2.16. The van der Waals surface area contributed by atoms with Gasteiger partial charge in [-0.25, -0.2) is 0 Å². The third-order valence-electron chi connectivity index (χ3n) is 2.69. The van der Waals surface area contributed by atoms with Crippen LogP contribution in [0.5, 0.6) is 0 Å². The van der Waals surface area contributed by atoms with Crippen molar-refractivity contribution in [3.8, 4) is 0 Å². The predicted octanol–water partition coefficient (Wildman–Crippen LogP) is 3.31. The molecule has 0 radical (unpaired) electrons. The molecule has 1 N–H and O–H groups in total. The summed E-state index contributed by atoms with van der Waals surface area (Å²) < 4.78 is 0. The molecule has 0 saturated heterocycles. The van der Waals surface area contributed by atoms with Crippen LogP contribution in [0.3, 0.4) is 0 Å². The molecule has 1 rings (SSSR count). The minimum atomic E-state index is 0.439. The van der Waals surface area contributed by atoms with E-state index in [4.69, 9.17) is 0 Å². The van der Waals surface area contributed by atoms with Gasteiger partial charge in [0.2, 0.25) is 0 Å². The molecule has 0 bridgehead atoms. The summed E-state index contributed by atoms with van der Waals surface area (Å²) in [6.45, 7) is 5.56. The molecular formula is C13H22N2. The Labute approximate surface area is 93.1 Å². The van der Waals surface area contributed by atoms with Crippen LogP contribution in [-0.4, -0.2) is 11.5 Å². The number of nitrogens with zero attached hydrogens (tertiary/aromatic N) is 1. The molecule has 0 aliphatic rings. The maximum absolute atomic E-state index is 4.02. The molecule has 0 unspecified atom stereocenters. The van der Waals surface area contributed by atoms with Crippen molar-refractivity contribution in [2.45, 2.75) is 45.6 Å². The molecule has 1 aromatic heterocycles. The van der Waals surface area contributed by atoms with E-state index < -0.39 is 0 Å². The molecule has 1 heterocycles. The molecular weight excluding hydrogens is 184 g/mol. The third-order valence-corrected chi connectivity index (χ3v) is 2.69. The second-order valence-corrected chi connectivity index (χ2v) is 4.02. The van der Waals surface area contributed by atoms with Gasteiger partial charge in [-0.2, -0.15) is 0 Å². The minimum Gasteiger partial charge on any atom is -0.310 e. The molecule has 2 nitrogen and oxygen atoms in total. The molecule has 0 fully saturated rings. The van der Waals surface area contributed by atoms with Crippen LogP contribution in [0.2, 0.25) is 0 Å². The van der Waals surface area contributed by atoms with Crippen molar-refractivity contribution in [1.82, 2.24) is 10.3 Å². The lowest BCUT2D eigenvalue weighted by Crippen LogP contribution is -2.19. The number of hydrogen-bond donors (Lipinski definition) is 1. The number of unbranched alkanes of at least 4 members (excludes halogenated alkanes) is 3. The van der Waals surface area contributed by atoms with Gasteiger partial charge in [0.1, 0.15) is 0 Å². The van der Waals surface area contributed by atoms with Crippen LogP contribution in [-0.2, 0) is 0 Å². The van der Waals surface area contributed by atoms with Crippen LogP contribution >= 0.6 is 0 Å². The molecule has 0 spiro atoms. The molecule has 2 heteroatoms. The molecule has 1 aromatic rings. The minimum absolute atomic E-state index is 0.439. The van der Waals surface area contributed by atoms with E-state index in [0.717, 1.165) is 6.54 Å². The van der Waals surface area contributed by atoms with E-state index in [0.29, 0.717) is 6.04 Å². The van der Waals surface area contributed by atoms with Crippen molar-refractivity contribution in [2.75, 3.05) is 6.54 Å². The van der Waals surface area contributed by atoms with Gasteiger partial charge in [0.15, 0.2) is 0 Å². The maximum atomic E-state index is 4.02. The first-order valence-corrected chi connectivity index (χ1v) is 5.98. The molecule has 0 amide bonds. The van der Waals surface area contributed by atoms with Crippen LogP contribution in [0.15, 0.2) is 24.5 Å². The van der Waals surface area contributed by atoms with Gasteiger partial charge in [-0.3, -0.25) is 4.98 Å². The lowest BCUT2D eigenvalue weighted by molar-refractivity contribution is 0.536. The van der Waals surface area contributed by atoms with E-state index in [1.807, 2.05) is 12.4 Å². The average molecular weight is 206 g/mol. The van der Waals surface area contributed by atoms with Gasteiger partial charge in [-0.1, -0.05) is 26.2 Å². The van der Waals surface area contributed by atoms with Crippen LogP contribution in [0.1, 0.15) is 51.1 Å². The van der Waals surface area contributed by atoms with E-state index in [-0.39, 0.29) is 0 Å². The zero-order chi connectivity index (χ0) is 10.9. The van der Waals surface area contributed by atoms with Crippen LogP contribution in [0.25, 0.3) is 0 Å². The van der Waals surface area contributed by atoms with E-state index in [1.54, 1.807) is 0 Å². The zero-order valence-electron chi connectivity index (χ0n) is 9.87. The van der Waals surface area contributed by atoms with Gasteiger partial charge in [0, 0.05) is 18.4 Å². The fraction of sp³-hybridized carbons (Fsp3) is 0.615. The summed E-state index contributed by atoms with van der Waals surface area (Å²) >= 11 is 0. The predicted molar refractivity (Wildman–Crippen MR) is 64.8 cm³/mol. The standard InChI is InChI=1S/C13H22N2/c1-3-4-5-6-9-15-12(2)13-7-10-14-11-8-13/h7-8,10-12,15H,3-6,9H2,1-2H3/t12-/m1/s1. The van der Waals surface area contributed by atoms with Crippen LogP contribution < -0.4 is 5.32 Å². The highest BCUT2D eigenvalue weighted by Crippen LogP contribution is 2.10. The Morgan fingerprint density at radius 1 is 1.20 bits per heavy atom. The molecule has 1 atom stereocenters. The normalized spacial score (nSPS) is 12.7. The first-order valence-electron chi connectivity index (χ1n) is 5.98. The van der Waals surface area contributed by atoms with E-state index >= 15 is 0 Å². The Kier molecular flexibility index (Phi) is 6.02. The van der Waals surface area contributed by atoms with Crippen LogP contribution in [0, 0.1) is 0 Å². The van der Waals surface area contributed by atoms with Crippen molar-refractivity contribution in [3.05, 3.63) is 30.1 Å². The fourth-order valence-corrected chi connectivity index (χ4v) is 1.64. The number of aromatic nitrogens is 1. The molecule has 84 valence electrons. The Morgan fingerprint density at radius 3 is 2.60 bits per heavy atom. The quantitative estimate of drug-likeness (QED) is 0.692. The summed E-state index contributed by atoms with van der Waals surface area (Å²) in [5.41, 5.74) is 1.32. The molecule has 15 heavy (non-hydrogen) atoms. The fourth-order valence-electron chi connectivity index (χ4n) is 1.64. The molecule has 0 saturated carbocycles. The molecule has 0 aliphatic heterocycles. The van der Waals surface area contributed by atoms with Crippen molar-refractivity contribution in [1.29, 1.82) is 0 Å². The van der Waals surface area contributed by atoms with Gasteiger partial charge in [0.25, 0.3) is 0 Å². The van der Waals surface area contributed by atoms with Gasteiger partial charge < -0.3 is 5.32 Å². The van der Waals surface area contributed by atoms with Gasteiger partial charge in [-0.05, 0) is 37.6 Å². The van der Waals surface area contributed by atoms with E-state index in [2.05, 4.69) is 36.3 Å². The summed E-state index contributed by atoms with van der Waals surface area (Å²) in [5, 5.41) is 3.53. The Bertz CT molecular complexity index is 246. The first-order chi connectivity index (χ1) is 7.34. The second-order valence-electron chi connectivity index (χ2n) is 4.02. The van der Waals surface area contributed by atoms with Gasteiger partial charge in [-0.15, -0.1) is 0 Å². The summed E-state index contributed by atoms with van der Waals surface area (Å²) in [5.74, 6) is 0. The van der Waals surface area contributed by atoms with Gasteiger partial charge in [0.05, 0.1) is 0 Å². The monoisotopic (exact) mass is 206 g/mol. The largest absolute Gasteiger partial charge is 0.310 e. The number of hydrogen-bond acceptors (Lipinski definition) is 2. The summed E-state index contributed by atoms with van der Waals surface area (Å²) in [4.78, 5) is 4.02. The van der Waals surface area contributed by atoms with E-state index in [1.165, 1.54) is 31.2 Å². The highest BCUT2D eigenvalue weighted by molar-refractivity contribution is 5.13. The Hall–Kier alpha value is -0.890. The molecule has 0 aliphatic carbocycles. The van der Waals surface area contributed by atoms with Crippen molar-refractivity contribution in [3.63, 3.8) is 0 Å². The van der Waals surface area contributed by atoms with Crippen LogP contribution in [0.4, 0.5) is 0 Å². The number of rotatable bonds is 7. The lowest BCUT2D eigenvalue weighted by Gasteiger charge is -2.13. The maximum Gasteiger partial charge on any atom is 0.0292 e. The van der Waals surface area contributed by atoms with E-state index in [9.17, 15) is 0 Å². The third kappa shape index (κ3) is 4.93. The SMILES string of the molecule is CCCCCCN[C@H](C)c1ccncc1. The summed E-state index contributed by atoms with van der Waals surface area (Å²) in [6.07, 6.45) is 8.98. The Morgan fingerprint density at radius 2 is 1.93 bits per heavy atom. The highest BCUT2D eigenvalue weighted by Gasteiger charge is 2.02. The lowest BCUT2D eigenvalue weighted by atomic mass is 10.1. The zero-order valence-corrected chi connectivity index (χ0v) is 9.87.